The van der Waals surface area contributed by atoms with Gasteiger partial charge >= 0.3 is 0 Å². The van der Waals surface area contributed by atoms with Gasteiger partial charge in [-0.05, 0) is 32.3 Å². The molecule has 1 amide bonds. The molecule has 1 unspecified atom stereocenters. The number of ether oxygens (including phenoxy) is 1. The van der Waals surface area contributed by atoms with E-state index in [1.54, 1.807) is 11.8 Å². The number of hydrogen-bond acceptors (Lipinski definition) is 5. The SMILES string of the molecule is Cc1nc(SCC(=O)NCC2CN(Cc3ccccc3)CCO2)n(C2CCCC2)c1C. The van der Waals surface area contributed by atoms with E-state index in [0.29, 0.717) is 24.9 Å². The number of nitrogens with zero attached hydrogens (tertiary/aromatic N) is 3. The number of thioether (sulfide) groups is 1. The number of hydrogen-bond donors (Lipinski definition) is 1. The summed E-state index contributed by atoms with van der Waals surface area (Å²) in [4.78, 5) is 19.7. The summed E-state index contributed by atoms with van der Waals surface area (Å²) in [7, 11) is 0. The van der Waals surface area contributed by atoms with Crippen molar-refractivity contribution in [2.75, 3.05) is 32.0 Å². The first-order valence-electron chi connectivity index (χ1n) is 11.4. The molecule has 6 nitrogen and oxygen atoms in total. The van der Waals surface area contributed by atoms with Crippen LogP contribution in [-0.4, -0.2) is 58.5 Å². The Balaban J connectivity index is 1.24. The smallest absolute Gasteiger partial charge is 0.230 e. The minimum absolute atomic E-state index is 0.0383. The van der Waals surface area contributed by atoms with Crippen molar-refractivity contribution in [1.29, 1.82) is 0 Å². The van der Waals surface area contributed by atoms with E-state index in [1.165, 1.54) is 36.9 Å². The van der Waals surface area contributed by atoms with Crippen LogP contribution in [0.4, 0.5) is 0 Å². The third-order valence-corrected chi connectivity index (χ3v) is 7.33. The van der Waals surface area contributed by atoms with Gasteiger partial charge in [0.05, 0.1) is 24.2 Å². The molecule has 1 aromatic heterocycles. The molecule has 1 aromatic carbocycles. The zero-order chi connectivity index (χ0) is 21.6. The quantitative estimate of drug-likeness (QED) is 0.632. The van der Waals surface area contributed by atoms with Crippen molar-refractivity contribution < 1.29 is 9.53 Å². The second kappa shape index (κ2) is 10.7. The monoisotopic (exact) mass is 442 g/mol. The van der Waals surface area contributed by atoms with E-state index in [9.17, 15) is 4.79 Å². The van der Waals surface area contributed by atoms with Gasteiger partial charge in [-0.2, -0.15) is 0 Å². The Labute approximate surface area is 189 Å². The van der Waals surface area contributed by atoms with E-state index < -0.39 is 0 Å². The lowest BCUT2D eigenvalue weighted by Crippen LogP contribution is -2.47. The Kier molecular flexibility index (Phi) is 7.69. The standard InChI is InChI=1S/C24H34N4O2S/c1-18-19(2)28(21-10-6-7-11-21)24(26-18)31-17-23(29)25-14-22-16-27(12-13-30-22)15-20-8-4-3-5-9-20/h3-5,8-9,21-22H,6-7,10-17H2,1-2H3,(H,25,29). The third-order valence-electron chi connectivity index (χ3n) is 6.38. The minimum Gasteiger partial charge on any atom is -0.374 e. The number of rotatable bonds is 8. The Hall–Kier alpha value is -1.83. The second-order valence-corrected chi connectivity index (χ2v) is 9.62. The predicted molar refractivity (Wildman–Crippen MR) is 124 cm³/mol. The maximum absolute atomic E-state index is 12.5. The molecule has 1 aliphatic carbocycles. The molecule has 2 fully saturated rings. The summed E-state index contributed by atoms with van der Waals surface area (Å²) in [5.41, 5.74) is 3.62. The zero-order valence-electron chi connectivity index (χ0n) is 18.7. The van der Waals surface area contributed by atoms with Gasteiger partial charge in [0.15, 0.2) is 5.16 Å². The lowest BCUT2D eigenvalue weighted by Gasteiger charge is -2.33. The lowest BCUT2D eigenvalue weighted by atomic mass is 10.2. The normalized spacial score (nSPS) is 20.3. The fourth-order valence-corrected chi connectivity index (χ4v) is 5.58. The summed E-state index contributed by atoms with van der Waals surface area (Å²) in [5, 5.41) is 4.06. The van der Waals surface area contributed by atoms with Crippen molar-refractivity contribution in [3.8, 4) is 0 Å². The van der Waals surface area contributed by atoms with Crippen LogP contribution in [0.25, 0.3) is 0 Å². The van der Waals surface area contributed by atoms with E-state index >= 15 is 0 Å². The number of benzene rings is 1. The molecule has 0 spiro atoms. The molecule has 1 aliphatic heterocycles. The van der Waals surface area contributed by atoms with E-state index in [-0.39, 0.29) is 12.0 Å². The summed E-state index contributed by atoms with van der Waals surface area (Å²) in [5.74, 6) is 0.438. The Bertz CT molecular complexity index is 864. The van der Waals surface area contributed by atoms with Crippen LogP contribution in [0.5, 0.6) is 0 Å². The highest BCUT2D eigenvalue weighted by molar-refractivity contribution is 7.99. The molecule has 1 atom stereocenters. The Morgan fingerprint density at radius 2 is 2.00 bits per heavy atom. The van der Waals surface area contributed by atoms with Crippen LogP contribution in [0.15, 0.2) is 35.5 Å². The highest BCUT2D eigenvalue weighted by Crippen LogP contribution is 2.35. The van der Waals surface area contributed by atoms with Crippen LogP contribution in [0, 0.1) is 13.8 Å². The number of carbonyl (C=O) groups is 1. The molecule has 7 heteroatoms. The van der Waals surface area contributed by atoms with Crippen LogP contribution in [-0.2, 0) is 16.1 Å². The van der Waals surface area contributed by atoms with Crippen LogP contribution >= 0.6 is 11.8 Å². The van der Waals surface area contributed by atoms with Gasteiger partial charge in [-0.15, -0.1) is 0 Å². The number of aryl methyl sites for hydroxylation is 1. The number of morpholine rings is 1. The second-order valence-electron chi connectivity index (χ2n) is 8.68. The molecular weight excluding hydrogens is 408 g/mol. The van der Waals surface area contributed by atoms with Crippen molar-refractivity contribution in [1.82, 2.24) is 19.8 Å². The molecule has 1 N–H and O–H groups in total. The molecule has 2 aliphatic rings. The fourth-order valence-electron chi connectivity index (χ4n) is 4.59. The largest absolute Gasteiger partial charge is 0.374 e. The van der Waals surface area contributed by atoms with Crippen molar-refractivity contribution in [2.24, 2.45) is 0 Å². The van der Waals surface area contributed by atoms with Crippen LogP contribution in [0.3, 0.4) is 0 Å². The van der Waals surface area contributed by atoms with Gasteiger partial charge < -0.3 is 14.6 Å². The highest BCUT2D eigenvalue weighted by atomic mass is 32.2. The highest BCUT2D eigenvalue weighted by Gasteiger charge is 2.24. The van der Waals surface area contributed by atoms with E-state index in [1.807, 2.05) is 6.07 Å². The Morgan fingerprint density at radius 3 is 2.77 bits per heavy atom. The first kappa shape index (κ1) is 22.4. The number of amides is 1. The van der Waals surface area contributed by atoms with Crippen LogP contribution < -0.4 is 5.32 Å². The van der Waals surface area contributed by atoms with Crippen molar-refractivity contribution in [3.05, 3.63) is 47.3 Å². The van der Waals surface area contributed by atoms with E-state index in [4.69, 9.17) is 9.72 Å². The molecule has 168 valence electrons. The first-order chi connectivity index (χ1) is 15.1. The fraction of sp³-hybridized carbons (Fsp3) is 0.583. The molecule has 0 radical (unpaired) electrons. The summed E-state index contributed by atoms with van der Waals surface area (Å²) in [6, 6.07) is 11.0. The molecule has 4 rings (SSSR count). The van der Waals surface area contributed by atoms with Gasteiger partial charge in [0.25, 0.3) is 0 Å². The average Bonchev–Trinajstić information content (AvgIpc) is 3.40. The van der Waals surface area contributed by atoms with Crippen LogP contribution in [0.1, 0.15) is 48.7 Å². The lowest BCUT2D eigenvalue weighted by molar-refractivity contribution is -0.119. The maximum Gasteiger partial charge on any atom is 0.230 e. The molecular formula is C24H34N4O2S. The Morgan fingerprint density at radius 1 is 1.23 bits per heavy atom. The molecule has 31 heavy (non-hydrogen) atoms. The summed E-state index contributed by atoms with van der Waals surface area (Å²) in [6.45, 7) is 8.16. The van der Waals surface area contributed by atoms with Gasteiger partial charge in [-0.3, -0.25) is 9.69 Å². The molecule has 0 bridgehead atoms. The number of imidazole rings is 1. The van der Waals surface area contributed by atoms with Gasteiger partial charge in [-0.25, -0.2) is 4.98 Å². The summed E-state index contributed by atoms with van der Waals surface area (Å²) in [6.07, 6.45) is 5.05. The molecule has 1 saturated heterocycles. The zero-order valence-corrected chi connectivity index (χ0v) is 19.5. The summed E-state index contributed by atoms with van der Waals surface area (Å²) < 4.78 is 8.25. The third kappa shape index (κ3) is 5.90. The van der Waals surface area contributed by atoms with Crippen molar-refractivity contribution >= 4 is 17.7 Å². The molecule has 2 heterocycles. The van der Waals surface area contributed by atoms with Gasteiger partial charge in [0.2, 0.25) is 5.91 Å². The number of aromatic nitrogens is 2. The van der Waals surface area contributed by atoms with E-state index in [0.717, 1.165) is 30.5 Å². The number of carbonyl (C=O) groups excluding carboxylic acids is 1. The molecule has 2 aromatic rings. The van der Waals surface area contributed by atoms with Crippen molar-refractivity contribution in [2.45, 2.75) is 63.4 Å². The van der Waals surface area contributed by atoms with Gasteiger partial charge in [0, 0.05) is 37.9 Å². The van der Waals surface area contributed by atoms with Crippen LogP contribution in [0.2, 0.25) is 0 Å². The predicted octanol–water partition coefficient (Wildman–Crippen LogP) is 3.72. The topological polar surface area (TPSA) is 59.4 Å². The minimum atomic E-state index is 0.0383. The summed E-state index contributed by atoms with van der Waals surface area (Å²) >= 11 is 1.55. The van der Waals surface area contributed by atoms with Gasteiger partial charge in [-0.1, -0.05) is 54.9 Å². The molecule has 1 saturated carbocycles. The first-order valence-corrected chi connectivity index (χ1v) is 12.4. The van der Waals surface area contributed by atoms with E-state index in [2.05, 4.69) is 52.9 Å². The number of nitrogens with one attached hydrogen (secondary N) is 1. The van der Waals surface area contributed by atoms with Crippen molar-refractivity contribution in [3.63, 3.8) is 0 Å². The maximum atomic E-state index is 12.5. The van der Waals surface area contributed by atoms with Gasteiger partial charge in [0.1, 0.15) is 0 Å². The average molecular weight is 443 g/mol.